The molecule has 1 rings (SSSR count). The van der Waals surface area contributed by atoms with Gasteiger partial charge in [0.25, 0.3) is 5.91 Å². The first kappa shape index (κ1) is 13.0. The second kappa shape index (κ2) is 4.82. The Morgan fingerprint density at radius 3 is 2.62 bits per heavy atom. The van der Waals surface area contributed by atoms with Gasteiger partial charge in [-0.15, -0.1) is 0 Å². The van der Waals surface area contributed by atoms with Gasteiger partial charge in [-0.1, -0.05) is 0 Å². The van der Waals surface area contributed by atoms with Crippen LogP contribution in [0.2, 0.25) is 0 Å². The third-order valence-corrected chi connectivity index (χ3v) is 2.60. The first-order valence-corrected chi connectivity index (χ1v) is 5.58. The summed E-state index contributed by atoms with van der Waals surface area (Å²) in [4.78, 5) is 24.9. The minimum Gasteiger partial charge on any atom is -0.464 e. The van der Waals surface area contributed by atoms with Crippen molar-refractivity contribution in [2.24, 2.45) is 0 Å². The van der Waals surface area contributed by atoms with E-state index in [0.29, 0.717) is 19.6 Å². The number of rotatable bonds is 3. The lowest BCUT2D eigenvalue weighted by atomic mass is 10.1. The molecule has 0 aliphatic carbocycles. The van der Waals surface area contributed by atoms with Crippen molar-refractivity contribution in [1.82, 2.24) is 4.90 Å². The van der Waals surface area contributed by atoms with Crippen LogP contribution in [0.5, 0.6) is 0 Å². The molecule has 5 nitrogen and oxygen atoms in total. The Bertz CT molecular complexity index is 282. The summed E-state index contributed by atoms with van der Waals surface area (Å²) in [5.41, 5.74) is -1.44. The lowest BCUT2D eigenvalue weighted by molar-refractivity contribution is -0.159. The Hall–Kier alpha value is -1.10. The molecule has 5 heteroatoms. The average Bonchev–Trinajstić information content (AvgIpc) is 2.63. The summed E-state index contributed by atoms with van der Waals surface area (Å²) in [6.45, 7) is 5.40. The number of ether oxygens (including phenoxy) is 1. The third kappa shape index (κ3) is 2.72. The maximum absolute atomic E-state index is 11.9. The Balaban J connectivity index is 2.73. The van der Waals surface area contributed by atoms with E-state index in [-0.39, 0.29) is 5.97 Å². The largest absolute Gasteiger partial charge is 0.464 e. The molecule has 1 unspecified atom stereocenters. The molecule has 1 aliphatic rings. The maximum atomic E-state index is 11.9. The highest BCUT2D eigenvalue weighted by Crippen LogP contribution is 2.22. The van der Waals surface area contributed by atoms with Crippen molar-refractivity contribution in [2.75, 3.05) is 13.2 Å². The van der Waals surface area contributed by atoms with Crippen LogP contribution < -0.4 is 0 Å². The minimum absolute atomic E-state index is 0.305. The van der Waals surface area contributed by atoms with Crippen LogP contribution in [0.1, 0.15) is 33.6 Å². The lowest BCUT2D eigenvalue weighted by Gasteiger charge is -2.28. The standard InChI is InChI=1S/C11H19NO4/c1-4-16-9(13)8-6-5-7-12(8)10(14)11(2,3)15/h8,15H,4-7H2,1-3H3. The molecule has 0 aromatic rings. The molecule has 1 atom stereocenters. The smallest absolute Gasteiger partial charge is 0.328 e. The van der Waals surface area contributed by atoms with Crippen LogP contribution in [-0.2, 0) is 14.3 Å². The normalized spacial score (nSPS) is 21.0. The van der Waals surface area contributed by atoms with Gasteiger partial charge < -0.3 is 14.7 Å². The number of hydrogen-bond donors (Lipinski definition) is 1. The molecule has 1 heterocycles. The van der Waals surface area contributed by atoms with E-state index >= 15 is 0 Å². The third-order valence-electron chi connectivity index (χ3n) is 2.60. The van der Waals surface area contributed by atoms with Crippen molar-refractivity contribution in [2.45, 2.75) is 45.3 Å². The van der Waals surface area contributed by atoms with Crippen LogP contribution in [0.15, 0.2) is 0 Å². The predicted octanol–water partition coefficient (Wildman–Crippen LogP) is 0.311. The van der Waals surface area contributed by atoms with Gasteiger partial charge >= 0.3 is 5.97 Å². The molecule has 1 amide bonds. The highest BCUT2D eigenvalue weighted by molar-refractivity contribution is 5.89. The van der Waals surface area contributed by atoms with Gasteiger partial charge in [-0.25, -0.2) is 4.79 Å². The van der Waals surface area contributed by atoms with Gasteiger partial charge in [0, 0.05) is 6.54 Å². The van der Waals surface area contributed by atoms with Gasteiger partial charge in [0.2, 0.25) is 0 Å². The van der Waals surface area contributed by atoms with E-state index in [1.54, 1.807) is 6.92 Å². The molecule has 0 bridgehead atoms. The molecule has 1 saturated heterocycles. The van der Waals surface area contributed by atoms with Gasteiger partial charge in [-0.3, -0.25) is 4.79 Å². The molecule has 92 valence electrons. The number of hydrogen-bond acceptors (Lipinski definition) is 4. The fraction of sp³-hybridized carbons (Fsp3) is 0.818. The lowest BCUT2D eigenvalue weighted by Crippen LogP contribution is -2.50. The van der Waals surface area contributed by atoms with Gasteiger partial charge in [0.15, 0.2) is 0 Å². The summed E-state index contributed by atoms with van der Waals surface area (Å²) in [6.07, 6.45) is 1.38. The summed E-state index contributed by atoms with van der Waals surface area (Å²) < 4.78 is 4.90. The Kier molecular flexibility index (Phi) is 3.91. The number of carbonyl (C=O) groups excluding carboxylic acids is 2. The molecule has 1 aliphatic heterocycles. The molecule has 0 aromatic carbocycles. The molecule has 0 radical (unpaired) electrons. The first-order valence-electron chi connectivity index (χ1n) is 5.58. The topological polar surface area (TPSA) is 66.8 Å². The van der Waals surface area contributed by atoms with E-state index in [1.807, 2.05) is 0 Å². The van der Waals surface area contributed by atoms with E-state index in [9.17, 15) is 14.7 Å². The van der Waals surface area contributed by atoms with E-state index in [0.717, 1.165) is 6.42 Å². The molecule has 16 heavy (non-hydrogen) atoms. The zero-order valence-electron chi connectivity index (χ0n) is 10.0. The summed E-state index contributed by atoms with van der Waals surface area (Å²) in [6, 6.07) is -0.529. The molecule has 0 aromatic heterocycles. The van der Waals surface area contributed by atoms with Crippen molar-refractivity contribution in [3.63, 3.8) is 0 Å². The van der Waals surface area contributed by atoms with Crippen LogP contribution >= 0.6 is 0 Å². The second-order valence-corrected chi connectivity index (χ2v) is 4.47. The zero-order chi connectivity index (χ0) is 12.3. The Morgan fingerprint density at radius 2 is 2.12 bits per heavy atom. The highest BCUT2D eigenvalue weighted by atomic mass is 16.5. The second-order valence-electron chi connectivity index (χ2n) is 4.47. The summed E-state index contributed by atoms with van der Waals surface area (Å²) in [5.74, 6) is -0.791. The van der Waals surface area contributed by atoms with Crippen LogP contribution in [-0.4, -0.2) is 46.7 Å². The van der Waals surface area contributed by atoms with Crippen LogP contribution in [0, 0.1) is 0 Å². The maximum Gasteiger partial charge on any atom is 0.328 e. The Morgan fingerprint density at radius 1 is 1.50 bits per heavy atom. The quantitative estimate of drug-likeness (QED) is 0.707. The fourth-order valence-corrected chi connectivity index (χ4v) is 1.84. The minimum atomic E-state index is -1.44. The fourth-order valence-electron chi connectivity index (χ4n) is 1.84. The van der Waals surface area contributed by atoms with Crippen LogP contribution in [0.3, 0.4) is 0 Å². The van der Waals surface area contributed by atoms with Crippen LogP contribution in [0.4, 0.5) is 0 Å². The van der Waals surface area contributed by atoms with Crippen molar-refractivity contribution in [3.05, 3.63) is 0 Å². The zero-order valence-corrected chi connectivity index (χ0v) is 10.0. The number of carbonyl (C=O) groups is 2. The molecule has 0 saturated carbocycles. The van der Waals surface area contributed by atoms with E-state index in [4.69, 9.17) is 4.74 Å². The van der Waals surface area contributed by atoms with Crippen LogP contribution in [0.25, 0.3) is 0 Å². The molecular weight excluding hydrogens is 210 g/mol. The highest BCUT2D eigenvalue weighted by Gasteiger charge is 2.40. The Labute approximate surface area is 95.4 Å². The SMILES string of the molecule is CCOC(=O)C1CCCN1C(=O)C(C)(C)O. The van der Waals surface area contributed by atoms with Crippen molar-refractivity contribution < 1.29 is 19.4 Å². The van der Waals surface area contributed by atoms with Gasteiger partial charge in [0.05, 0.1) is 6.61 Å². The summed E-state index contributed by atoms with van der Waals surface area (Å²) >= 11 is 0. The summed E-state index contributed by atoms with van der Waals surface area (Å²) in [5, 5.41) is 9.63. The first-order chi connectivity index (χ1) is 7.38. The predicted molar refractivity (Wildman–Crippen MR) is 57.7 cm³/mol. The molecular formula is C11H19NO4. The van der Waals surface area contributed by atoms with Crippen molar-refractivity contribution in [1.29, 1.82) is 0 Å². The van der Waals surface area contributed by atoms with Gasteiger partial charge in [-0.2, -0.15) is 0 Å². The number of nitrogens with zero attached hydrogens (tertiary/aromatic N) is 1. The average molecular weight is 229 g/mol. The number of aliphatic hydroxyl groups is 1. The number of likely N-dealkylation sites (tertiary alicyclic amines) is 1. The molecule has 1 N–H and O–H groups in total. The van der Waals surface area contributed by atoms with Crippen molar-refractivity contribution in [3.8, 4) is 0 Å². The number of esters is 1. The summed E-state index contributed by atoms with van der Waals surface area (Å²) in [7, 11) is 0. The van der Waals surface area contributed by atoms with Crippen molar-refractivity contribution >= 4 is 11.9 Å². The van der Waals surface area contributed by atoms with Gasteiger partial charge in [0.1, 0.15) is 11.6 Å². The van der Waals surface area contributed by atoms with Gasteiger partial charge in [-0.05, 0) is 33.6 Å². The molecule has 1 fully saturated rings. The number of amides is 1. The van der Waals surface area contributed by atoms with E-state index < -0.39 is 17.6 Å². The van der Waals surface area contributed by atoms with E-state index in [1.165, 1.54) is 18.7 Å². The monoisotopic (exact) mass is 229 g/mol. The van der Waals surface area contributed by atoms with E-state index in [2.05, 4.69) is 0 Å². The molecule has 0 spiro atoms.